The molecule has 2 saturated heterocycles. The van der Waals surface area contributed by atoms with E-state index in [4.69, 9.17) is 9.47 Å². The van der Waals surface area contributed by atoms with Crippen LogP contribution in [-0.4, -0.2) is 62.4 Å². The number of H-pyrrole nitrogens is 1. The molecule has 9 nitrogen and oxygen atoms in total. The lowest BCUT2D eigenvalue weighted by molar-refractivity contribution is -0.181. The van der Waals surface area contributed by atoms with Crippen molar-refractivity contribution < 1.29 is 24.2 Å². The van der Waals surface area contributed by atoms with Gasteiger partial charge >= 0.3 is 5.97 Å². The summed E-state index contributed by atoms with van der Waals surface area (Å²) in [4.78, 5) is 31.1. The fraction of sp³-hybridized carbons (Fsp3) is 0.448. The van der Waals surface area contributed by atoms with Gasteiger partial charge in [0, 0.05) is 54.4 Å². The highest BCUT2D eigenvalue weighted by molar-refractivity contribution is 5.93. The summed E-state index contributed by atoms with van der Waals surface area (Å²) in [6.45, 7) is 3.81. The first kappa shape index (κ1) is 24.6. The van der Waals surface area contributed by atoms with Crippen LogP contribution in [0.5, 0.6) is 5.75 Å². The van der Waals surface area contributed by atoms with Gasteiger partial charge in [-0.3, -0.25) is 19.7 Å². The molecule has 198 valence electrons. The third kappa shape index (κ3) is 4.45. The Morgan fingerprint density at radius 3 is 2.92 bits per heavy atom. The first-order chi connectivity index (χ1) is 18.4. The van der Waals surface area contributed by atoms with Crippen molar-refractivity contribution in [3.8, 4) is 17.0 Å². The van der Waals surface area contributed by atoms with E-state index in [0.29, 0.717) is 37.5 Å². The summed E-state index contributed by atoms with van der Waals surface area (Å²) < 4.78 is 13.1. The Morgan fingerprint density at radius 1 is 1.24 bits per heavy atom. The second-order valence-electron chi connectivity index (χ2n) is 11.1. The van der Waals surface area contributed by atoms with E-state index in [1.807, 2.05) is 48.2 Å². The molecule has 0 unspecified atom stereocenters. The van der Waals surface area contributed by atoms with Gasteiger partial charge in [0.15, 0.2) is 0 Å². The van der Waals surface area contributed by atoms with Crippen molar-refractivity contribution in [2.75, 3.05) is 19.7 Å². The van der Waals surface area contributed by atoms with E-state index in [1.165, 1.54) is 0 Å². The van der Waals surface area contributed by atoms with E-state index < -0.39 is 11.6 Å². The minimum atomic E-state index is -0.837. The number of carboxylic acid groups (broad SMARTS) is 1. The number of likely N-dealkylation sites (tertiary alicyclic amines) is 1. The smallest absolute Gasteiger partial charge is 0.303 e. The van der Waals surface area contributed by atoms with Crippen molar-refractivity contribution in [1.82, 2.24) is 20.1 Å². The highest BCUT2D eigenvalue weighted by atomic mass is 16.5. The number of aromatic nitrogens is 3. The van der Waals surface area contributed by atoms with Crippen molar-refractivity contribution in [1.29, 1.82) is 0 Å². The minimum Gasteiger partial charge on any atom is -0.487 e. The van der Waals surface area contributed by atoms with Crippen LogP contribution in [0.3, 0.4) is 0 Å². The SMILES string of the molecule is C[C@]1(CCC(=O)O)Oc2ccccc2[C@@H]2OC[C@]3(CCCN(C(=O)c4cc(-c5cccnc5)n[nH]4)C3)C[C@H]21. The molecule has 6 rings (SSSR count). The normalized spacial score (nSPS) is 28.3. The summed E-state index contributed by atoms with van der Waals surface area (Å²) >= 11 is 0. The van der Waals surface area contributed by atoms with E-state index in [-0.39, 0.29) is 29.8 Å². The molecule has 1 amide bonds. The van der Waals surface area contributed by atoms with Crippen LogP contribution in [0.4, 0.5) is 0 Å². The maximum Gasteiger partial charge on any atom is 0.303 e. The zero-order valence-electron chi connectivity index (χ0n) is 21.4. The van der Waals surface area contributed by atoms with Gasteiger partial charge in [-0.25, -0.2) is 0 Å². The molecule has 0 aliphatic carbocycles. The number of para-hydroxylation sites is 1. The Bertz CT molecular complexity index is 1340. The average Bonchev–Trinajstić information content (AvgIpc) is 3.43. The van der Waals surface area contributed by atoms with Crippen LogP contribution in [-0.2, 0) is 9.53 Å². The van der Waals surface area contributed by atoms with Crippen LogP contribution in [0.1, 0.15) is 61.2 Å². The molecule has 5 heterocycles. The Hall–Kier alpha value is -3.72. The third-order valence-corrected chi connectivity index (χ3v) is 8.49. The van der Waals surface area contributed by atoms with Gasteiger partial charge in [0.2, 0.25) is 0 Å². The molecule has 1 aromatic carbocycles. The van der Waals surface area contributed by atoms with Crippen LogP contribution >= 0.6 is 0 Å². The number of carboxylic acids is 1. The Kier molecular flexibility index (Phi) is 6.18. The second kappa shape index (κ2) is 9.54. The Labute approximate surface area is 221 Å². The van der Waals surface area contributed by atoms with Crippen LogP contribution in [0.2, 0.25) is 0 Å². The monoisotopic (exact) mass is 516 g/mol. The number of ether oxygens (including phenoxy) is 2. The summed E-state index contributed by atoms with van der Waals surface area (Å²) in [6, 6.07) is 13.4. The molecule has 2 fully saturated rings. The van der Waals surface area contributed by atoms with E-state index >= 15 is 0 Å². The highest BCUT2D eigenvalue weighted by Gasteiger charge is 2.55. The number of carbonyl (C=O) groups excluding carboxylic acids is 1. The van der Waals surface area contributed by atoms with Crippen molar-refractivity contribution in [3.63, 3.8) is 0 Å². The number of rotatable bonds is 5. The van der Waals surface area contributed by atoms with Gasteiger partial charge < -0.3 is 19.5 Å². The average molecular weight is 517 g/mol. The van der Waals surface area contributed by atoms with Crippen LogP contribution < -0.4 is 4.74 Å². The number of hydrogen-bond acceptors (Lipinski definition) is 6. The Balaban J connectivity index is 1.24. The number of nitrogens with zero attached hydrogens (tertiary/aromatic N) is 3. The van der Waals surface area contributed by atoms with Crippen LogP contribution in [0.15, 0.2) is 54.9 Å². The fourth-order valence-electron chi connectivity index (χ4n) is 6.51. The molecule has 1 spiro atoms. The van der Waals surface area contributed by atoms with E-state index in [1.54, 1.807) is 18.5 Å². The highest BCUT2D eigenvalue weighted by Crippen LogP contribution is 2.56. The number of fused-ring (bicyclic) bond motifs is 3. The number of aromatic amines is 1. The molecule has 3 aromatic rings. The summed E-state index contributed by atoms with van der Waals surface area (Å²) in [5.74, 6) is -0.171. The molecule has 2 N–H and O–H groups in total. The first-order valence-corrected chi connectivity index (χ1v) is 13.2. The molecule has 2 aromatic heterocycles. The van der Waals surface area contributed by atoms with Crippen LogP contribution in [0, 0.1) is 11.3 Å². The summed E-state index contributed by atoms with van der Waals surface area (Å²) in [5, 5.41) is 16.7. The summed E-state index contributed by atoms with van der Waals surface area (Å²) in [7, 11) is 0. The van der Waals surface area contributed by atoms with Crippen LogP contribution in [0.25, 0.3) is 11.3 Å². The lowest BCUT2D eigenvalue weighted by Crippen LogP contribution is -2.57. The number of nitrogens with one attached hydrogen (secondary N) is 1. The maximum absolute atomic E-state index is 13.5. The zero-order valence-corrected chi connectivity index (χ0v) is 21.4. The standard InChI is InChI=1S/C29H32N4O5/c1-28(11-9-25(34)35)21-15-29(18-37-26(21)20-7-2-3-8-24(20)38-28)10-5-13-33(17-29)27(36)23-14-22(31-32-23)19-6-4-12-30-16-19/h2-4,6-8,12,14,16,21,26H,5,9-11,13,15,17-18H2,1H3,(H,31,32)(H,34,35)/t21-,26+,28-,29-/m1/s1. The van der Waals surface area contributed by atoms with Crippen molar-refractivity contribution in [3.05, 3.63) is 66.1 Å². The molecule has 3 aliphatic rings. The number of amides is 1. The first-order valence-electron chi connectivity index (χ1n) is 13.2. The predicted molar refractivity (Wildman–Crippen MR) is 139 cm³/mol. The molecule has 4 atom stereocenters. The van der Waals surface area contributed by atoms with Crippen molar-refractivity contribution >= 4 is 11.9 Å². The number of hydrogen-bond donors (Lipinski definition) is 2. The van der Waals surface area contributed by atoms with Gasteiger partial charge in [0.05, 0.1) is 18.4 Å². The number of benzene rings is 1. The molecular weight excluding hydrogens is 484 g/mol. The van der Waals surface area contributed by atoms with Gasteiger partial charge in [-0.15, -0.1) is 0 Å². The lowest BCUT2D eigenvalue weighted by atomic mass is 9.64. The maximum atomic E-state index is 13.5. The van der Waals surface area contributed by atoms with E-state index in [9.17, 15) is 14.7 Å². The summed E-state index contributed by atoms with van der Waals surface area (Å²) in [6.07, 6.45) is 6.31. The predicted octanol–water partition coefficient (Wildman–Crippen LogP) is 4.49. The summed E-state index contributed by atoms with van der Waals surface area (Å²) in [5.41, 5.74) is 2.11. The lowest BCUT2D eigenvalue weighted by Gasteiger charge is -2.55. The van der Waals surface area contributed by atoms with Gasteiger partial charge in [-0.1, -0.05) is 18.2 Å². The second-order valence-corrected chi connectivity index (χ2v) is 11.1. The van der Waals surface area contributed by atoms with E-state index in [0.717, 1.165) is 36.1 Å². The van der Waals surface area contributed by atoms with Crippen molar-refractivity contribution in [2.24, 2.45) is 11.3 Å². The molecule has 0 radical (unpaired) electrons. The minimum absolute atomic E-state index is 0.0233. The van der Waals surface area contributed by atoms with Gasteiger partial charge in [-0.05, 0) is 56.9 Å². The molecular formula is C29H32N4O5. The van der Waals surface area contributed by atoms with Gasteiger partial charge in [0.25, 0.3) is 5.91 Å². The zero-order chi connectivity index (χ0) is 26.3. The number of carbonyl (C=O) groups is 2. The van der Waals surface area contributed by atoms with E-state index in [2.05, 4.69) is 15.2 Å². The molecule has 9 heteroatoms. The molecule has 0 bridgehead atoms. The quantitative estimate of drug-likeness (QED) is 0.513. The van der Waals surface area contributed by atoms with Crippen molar-refractivity contribution in [2.45, 2.75) is 50.7 Å². The number of aliphatic carboxylic acids is 1. The number of pyridine rings is 1. The van der Waals surface area contributed by atoms with Gasteiger partial charge in [-0.2, -0.15) is 5.10 Å². The number of piperidine rings is 1. The van der Waals surface area contributed by atoms with Gasteiger partial charge in [0.1, 0.15) is 17.0 Å². The topological polar surface area (TPSA) is 118 Å². The fourth-order valence-corrected chi connectivity index (χ4v) is 6.51. The Morgan fingerprint density at radius 2 is 2.11 bits per heavy atom. The molecule has 38 heavy (non-hydrogen) atoms. The molecule has 3 aliphatic heterocycles. The third-order valence-electron chi connectivity index (χ3n) is 8.49. The molecule has 0 saturated carbocycles. The largest absolute Gasteiger partial charge is 0.487 e.